The number of nitrogens with one attached hydrogen (secondary N) is 4. The van der Waals surface area contributed by atoms with Gasteiger partial charge in [0, 0.05) is 63.7 Å². The van der Waals surface area contributed by atoms with Crippen LogP contribution in [0, 0.1) is 5.92 Å². The normalized spacial score (nSPS) is 16.7. The number of methoxy groups -OCH3 is 2. The predicted molar refractivity (Wildman–Crippen MR) is 332 cm³/mol. The maximum absolute atomic E-state index is 15.2. The predicted octanol–water partition coefficient (Wildman–Crippen LogP) is 10.3. The Morgan fingerprint density at radius 1 is 0.631 bits per heavy atom. The highest BCUT2D eigenvalue weighted by Gasteiger charge is 2.38. The minimum Gasteiger partial charge on any atom is -0.494 e. The molecule has 0 atom stereocenters. The topological polar surface area (TPSA) is 204 Å². The maximum atomic E-state index is 15.2. The summed E-state index contributed by atoms with van der Waals surface area (Å²) in [6.45, 7) is 23.3. The number of ether oxygens (including phenoxy) is 4. The summed E-state index contributed by atoms with van der Waals surface area (Å²) >= 11 is 0. The van der Waals surface area contributed by atoms with Crippen molar-refractivity contribution in [1.29, 1.82) is 0 Å². The molecule has 20 heteroatoms. The molecule has 19 nitrogen and oxygen atoms in total. The number of urea groups is 2. The first-order valence-corrected chi connectivity index (χ1v) is 31.9. The molecule has 0 spiro atoms. The van der Waals surface area contributed by atoms with Crippen molar-refractivity contribution < 1.29 is 46.5 Å². The Hall–Kier alpha value is -6.77. The molecule has 4 aromatic carbocycles. The molecule has 2 saturated heterocycles. The number of nitrogens with zero attached hydrogens (tertiary/aromatic N) is 5. The summed E-state index contributed by atoms with van der Waals surface area (Å²) in [4.78, 5) is 63.0. The van der Waals surface area contributed by atoms with E-state index in [9.17, 15) is 19.2 Å². The van der Waals surface area contributed by atoms with Crippen molar-refractivity contribution in [2.45, 2.75) is 130 Å². The average Bonchev–Trinajstić information content (AvgIpc) is 1.14. The van der Waals surface area contributed by atoms with Gasteiger partial charge in [-0.3, -0.25) is 19.4 Å². The van der Waals surface area contributed by atoms with Crippen LogP contribution in [0.25, 0.3) is 0 Å². The fourth-order valence-corrected chi connectivity index (χ4v) is 13.1. The van der Waals surface area contributed by atoms with E-state index in [1.54, 1.807) is 25.1 Å². The quantitative estimate of drug-likeness (QED) is 0.0548. The van der Waals surface area contributed by atoms with Gasteiger partial charge in [-0.25, -0.2) is 22.3 Å². The van der Waals surface area contributed by atoms with E-state index in [0.29, 0.717) is 67.8 Å². The molecule has 84 heavy (non-hydrogen) atoms. The molecule has 0 radical (unpaired) electrons. The Bertz CT molecular complexity index is 3210. The van der Waals surface area contributed by atoms with Crippen LogP contribution in [0.2, 0.25) is 0 Å². The minimum absolute atomic E-state index is 0.0737. The summed E-state index contributed by atoms with van der Waals surface area (Å²) in [6.07, 6.45) is 9.28. The van der Waals surface area contributed by atoms with Gasteiger partial charge in [0.05, 0.1) is 44.4 Å². The lowest BCUT2D eigenvalue weighted by Gasteiger charge is -2.35. The molecular formula is C64H89N9O10S. The summed E-state index contributed by atoms with van der Waals surface area (Å²) in [7, 11) is -1.41. The van der Waals surface area contributed by atoms with E-state index >= 15 is 8.42 Å². The molecule has 0 aromatic heterocycles. The summed E-state index contributed by atoms with van der Waals surface area (Å²) < 4.78 is 56.5. The third kappa shape index (κ3) is 14.3. The summed E-state index contributed by atoms with van der Waals surface area (Å²) in [5.74, 6) is 2.46. The zero-order valence-electron chi connectivity index (χ0n) is 51.2. The van der Waals surface area contributed by atoms with Gasteiger partial charge in [0.25, 0.3) is 0 Å². The summed E-state index contributed by atoms with van der Waals surface area (Å²) in [5.41, 5.74) is 5.85. The molecular weight excluding hydrogens is 1090 g/mol. The highest BCUT2D eigenvalue weighted by atomic mass is 32.2. The van der Waals surface area contributed by atoms with Crippen molar-refractivity contribution in [3.63, 3.8) is 0 Å². The Kier molecular flexibility index (Phi) is 19.3. The van der Waals surface area contributed by atoms with E-state index in [-0.39, 0.29) is 51.8 Å². The number of fused-ring (bicyclic) bond motifs is 2. The fraction of sp³-hybridized carbons (Fsp3) is 0.562. The second-order valence-corrected chi connectivity index (χ2v) is 27.2. The van der Waals surface area contributed by atoms with Crippen LogP contribution in [0.1, 0.15) is 127 Å². The maximum Gasteiger partial charge on any atom is 0.323 e. The number of carbonyl (C=O) groups is 4. The fourth-order valence-electron chi connectivity index (χ4n) is 12.0. The van der Waals surface area contributed by atoms with E-state index in [1.165, 1.54) is 31.4 Å². The Balaban J connectivity index is 0.969. The number of rotatable bonds is 23. The van der Waals surface area contributed by atoms with Crippen molar-refractivity contribution in [2.75, 3.05) is 124 Å². The molecule has 2 aliphatic heterocycles. The van der Waals surface area contributed by atoms with Gasteiger partial charge >= 0.3 is 12.1 Å². The number of benzene rings is 4. The molecule has 0 unspecified atom stereocenters. The highest BCUT2D eigenvalue weighted by Crippen LogP contribution is 2.52. The van der Waals surface area contributed by atoms with Gasteiger partial charge in [0.1, 0.15) is 41.8 Å². The first-order valence-electron chi connectivity index (χ1n) is 30.3. The summed E-state index contributed by atoms with van der Waals surface area (Å²) in [5, 5.41) is 12.3. The molecule has 5 aliphatic rings. The van der Waals surface area contributed by atoms with Gasteiger partial charge < -0.3 is 50.0 Å². The summed E-state index contributed by atoms with van der Waals surface area (Å²) in [6, 6.07) is 13.4. The van der Waals surface area contributed by atoms with Crippen LogP contribution in [0.4, 0.5) is 43.7 Å². The third-order valence-electron chi connectivity index (χ3n) is 16.9. The number of anilines is 6. The van der Waals surface area contributed by atoms with E-state index in [0.717, 1.165) is 124 Å². The van der Waals surface area contributed by atoms with Gasteiger partial charge in [-0.2, -0.15) is 0 Å². The minimum atomic E-state index is -4.32. The van der Waals surface area contributed by atoms with Gasteiger partial charge in [-0.15, -0.1) is 0 Å². The van der Waals surface area contributed by atoms with Crippen molar-refractivity contribution in [3.8, 4) is 23.0 Å². The van der Waals surface area contributed by atoms with E-state index < -0.39 is 32.9 Å². The number of piperazine rings is 2. The lowest BCUT2D eigenvalue weighted by Crippen LogP contribution is -2.51. The van der Waals surface area contributed by atoms with Gasteiger partial charge in [0.2, 0.25) is 21.8 Å². The Labute approximate surface area is 497 Å². The highest BCUT2D eigenvalue weighted by molar-refractivity contribution is 7.93. The molecule has 4 aromatic rings. The molecule has 1 saturated carbocycles. The SMILES string of the molecule is CCCCN1CCN(CCOc2ccc(NC(=O)Nc3c(OC)ccc(C(C)(C)C)c3N(c3cc(C(C)(C)C)cc(NC(=O)Nc4ccc(OCCN5CCN(CC6CC6)C(=O)C5)c5c4CCC5)c3OC)S(=O)(=O)CC)c3c2CCC3)CC1=O. The van der Waals surface area contributed by atoms with Crippen molar-refractivity contribution >= 4 is 68.0 Å². The van der Waals surface area contributed by atoms with E-state index in [4.69, 9.17) is 18.9 Å². The van der Waals surface area contributed by atoms with E-state index in [1.807, 2.05) is 81.7 Å². The molecule has 2 heterocycles. The van der Waals surface area contributed by atoms with Crippen molar-refractivity contribution in [2.24, 2.45) is 5.92 Å². The van der Waals surface area contributed by atoms with Crippen LogP contribution in [0.15, 0.2) is 48.5 Å². The number of hydrogen-bond donors (Lipinski definition) is 4. The van der Waals surface area contributed by atoms with Crippen LogP contribution >= 0.6 is 0 Å². The first-order chi connectivity index (χ1) is 40.1. The standard InChI is InChI=1S/C64H89N9O10S/c1-11-13-28-71-31-29-69(40-56(71)74)33-35-82-54-27-24-50(45-17-15-19-47(45)54)66-62(77)68-58-55(80-9)25-22-48(64(6,7)8)59(58)73(84(78,79)12-2)52-38-43(63(3,4)5)37-51(60(52)81-10)67-61(76)65-49-23-26-53(46-18-14-16-44(46)49)83-36-34-70-30-32-72(57(75)41-70)39-42-20-21-42/h22-27,37-38,42H,11-21,28-36,39-41H2,1-10H3,(H2,65,67,76)(H2,66,68,77). The Morgan fingerprint density at radius 2 is 1.17 bits per heavy atom. The van der Waals surface area contributed by atoms with Crippen LogP contribution in [-0.4, -0.2) is 151 Å². The zero-order chi connectivity index (χ0) is 60.1. The number of amides is 6. The van der Waals surface area contributed by atoms with Crippen LogP contribution < -0.4 is 44.5 Å². The molecule has 456 valence electrons. The molecule has 0 bridgehead atoms. The van der Waals surface area contributed by atoms with Crippen molar-refractivity contribution in [1.82, 2.24) is 19.6 Å². The monoisotopic (exact) mass is 1180 g/mol. The lowest BCUT2D eigenvalue weighted by atomic mass is 9.84. The third-order valence-corrected chi connectivity index (χ3v) is 18.6. The number of unbranched alkanes of at least 4 members (excludes halogenated alkanes) is 1. The van der Waals surface area contributed by atoms with Crippen molar-refractivity contribution in [3.05, 3.63) is 81.9 Å². The van der Waals surface area contributed by atoms with E-state index in [2.05, 4.69) is 38.0 Å². The number of carbonyl (C=O) groups excluding carboxylic acids is 4. The molecule has 9 rings (SSSR count). The largest absolute Gasteiger partial charge is 0.494 e. The number of hydrogen-bond acceptors (Lipinski definition) is 12. The number of sulfonamides is 1. The Morgan fingerprint density at radius 3 is 1.67 bits per heavy atom. The van der Waals surface area contributed by atoms with Crippen LogP contribution in [0.3, 0.4) is 0 Å². The van der Waals surface area contributed by atoms with Gasteiger partial charge in [0.15, 0.2) is 5.75 Å². The van der Waals surface area contributed by atoms with Crippen LogP contribution in [-0.2, 0) is 56.1 Å². The smallest absolute Gasteiger partial charge is 0.323 e. The molecule has 3 fully saturated rings. The zero-order valence-corrected chi connectivity index (χ0v) is 52.0. The molecule has 4 N–H and O–H groups in total. The van der Waals surface area contributed by atoms with Gasteiger partial charge in [-0.1, -0.05) is 61.0 Å². The second kappa shape index (κ2) is 26.2. The molecule has 3 aliphatic carbocycles. The molecule has 6 amide bonds. The lowest BCUT2D eigenvalue weighted by molar-refractivity contribution is -0.137. The first kappa shape index (κ1) is 61.8. The van der Waals surface area contributed by atoms with Gasteiger partial charge in [-0.05, 0) is 157 Å². The van der Waals surface area contributed by atoms with Crippen LogP contribution in [0.5, 0.6) is 23.0 Å². The average molecular weight is 1180 g/mol. The second-order valence-electron chi connectivity index (χ2n) is 25.0.